The summed E-state index contributed by atoms with van der Waals surface area (Å²) in [6, 6.07) is 0.564. The second kappa shape index (κ2) is 5.85. The zero-order valence-electron chi connectivity index (χ0n) is 11.8. The SMILES string of the molecule is CC(C)C(CN)c1cncn1C1CCCN(C)C1. The van der Waals surface area contributed by atoms with Gasteiger partial charge in [0.05, 0.1) is 6.33 Å². The minimum atomic E-state index is 0.416. The van der Waals surface area contributed by atoms with Gasteiger partial charge in [0.2, 0.25) is 0 Å². The maximum Gasteiger partial charge on any atom is 0.0951 e. The quantitative estimate of drug-likeness (QED) is 0.887. The number of imidazole rings is 1. The van der Waals surface area contributed by atoms with Crippen LogP contribution in [0, 0.1) is 5.92 Å². The molecule has 0 spiro atoms. The van der Waals surface area contributed by atoms with Crippen molar-refractivity contribution >= 4 is 0 Å². The number of rotatable bonds is 4. The van der Waals surface area contributed by atoms with Crippen LogP contribution in [0.2, 0.25) is 0 Å². The first-order chi connectivity index (χ1) is 8.63. The molecule has 1 aliphatic heterocycles. The number of nitrogens with two attached hydrogens (primary N) is 1. The molecule has 1 aromatic heterocycles. The lowest BCUT2D eigenvalue weighted by atomic mass is 9.92. The summed E-state index contributed by atoms with van der Waals surface area (Å²) in [5.41, 5.74) is 7.25. The van der Waals surface area contributed by atoms with E-state index in [-0.39, 0.29) is 0 Å². The standard InChI is InChI=1S/C14H26N4/c1-11(2)13(7-15)14-8-16-10-18(14)12-5-4-6-17(3)9-12/h8,10-13H,4-7,9,15H2,1-3H3. The number of likely N-dealkylation sites (tertiary alicyclic amines) is 1. The molecular formula is C14H26N4. The van der Waals surface area contributed by atoms with Crippen LogP contribution in [0.5, 0.6) is 0 Å². The predicted octanol–water partition coefficient (Wildman–Crippen LogP) is 1.85. The van der Waals surface area contributed by atoms with Gasteiger partial charge < -0.3 is 15.2 Å². The number of nitrogens with zero attached hydrogens (tertiary/aromatic N) is 3. The van der Waals surface area contributed by atoms with Crippen LogP contribution in [0.25, 0.3) is 0 Å². The lowest BCUT2D eigenvalue weighted by molar-refractivity contribution is 0.207. The van der Waals surface area contributed by atoms with Crippen molar-refractivity contribution in [1.82, 2.24) is 14.5 Å². The first kappa shape index (κ1) is 13.6. The molecule has 1 aromatic rings. The molecule has 2 atom stereocenters. The van der Waals surface area contributed by atoms with E-state index in [2.05, 4.69) is 35.3 Å². The maximum atomic E-state index is 5.94. The molecule has 1 fully saturated rings. The molecule has 2 heterocycles. The van der Waals surface area contributed by atoms with Gasteiger partial charge in [-0.25, -0.2) is 4.98 Å². The minimum absolute atomic E-state index is 0.416. The van der Waals surface area contributed by atoms with Crippen molar-refractivity contribution in [2.75, 3.05) is 26.7 Å². The van der Waals surface area contributed by atoms with Crippen LogP contribution < -0.4 is 5.73 Å². The third-order valence-electron chi connectivity index (χ3n) is 4.13. The monoisotopic (exact) mass is 250 g/mol. The van der Waals surface area contributed by atoms with Gasteiger partial charge in [0, 0.05) is 36.9 Å². The zero-order chi connectivity index (χ0) is 13.1. The van der Waals surface area contributed by atoms with Crippen molar-refractivity contribution in [1.29, 1.82) is 0 Å². The third kappa shape index (κ3) is 2.75. The average molecular weight is 250 g/mol. The fourth-order valence-corrected chi connectivity index (χ4v) is 3.01. The van der Waals surface area contributed by atoms with E-state index < -0.39 is 0 Å². The lowest BCUT2D eigenvalue weighted by Crippen LogP contribution is -2.34. The molecule has 1 saturated heterocycles. The van der Waals surface area contributed by atoms with E-state index in [9.17, 15) is 0 Å². The Bertz CT molecular complexity index is 372. The molecule has 18 heavy (non-hydrogen) atoms. The molecule has 2 N–H and O–H groups in total. The summed E-state index contributed by atoms with van der Waals surface area (Å²) in [7, 11) is 2.20. The Kier molecular flexibility index (Phi) is 4.40. The average Bonchev–Trinajstić information content (AvgIpc) is 2.78. The van der Waals surface area contributed by atoms with Gasteiger partial charge in [0.25, 0.3) is 0 Å². The van der Waals surface area contributed by atoms with Gasteiger partial charge >= 0.3 is 0 Å². The second-order valence-corrected chi connectivity index (χ2v) is 5.87. The van der Waals surface area contributed by atoms with Gasteiger partial charge in [-0.05, 0) is 32.4 Å². The van der Waals surface area contributed by atoms with Crippen LogP contribution in [-0.2, 0) is 0 Å². The smallest absolute Gasteiger partial charge is 0.0951 e. The highest BCUT2D eigenvalue weighted by Crippen LogP contribution is 2.28. The van der Waals surface area contributed by atoms with Crippen molar-refractivity contribution < 1.29 is 0 Å². The van der Waals surface area contributed by atoms with Gasteiger partial charge in [-0.1, -0.05) is 13.8 Å². The number of hydrogen-bond donors (Lipinski definition) is 1. The molecule has 1 aliphatic rings. The van der Waals surface area contributed by atoms with Crippen LogP contribution >= 0.6 is 0 Å². The topological polar surface area (TPSA) is 47.1 Å². The highest BCUT2D eigenvalue weighted by molar-refractivity contribution is 5.10. The Morgan fingerprint density at radius 2 is 2.28 bits per heavy atom. The van der Waals surface area contributed by atoms with E-state index in [0.717, 1.165) is 6.54 Å². The first-order valence-corrected chi connectivity index (χ1v) is 7.03. The number of piperidine rings is 1. The van der Waals surface area contributed by atoms with E-state index in [1.165, 1.54) is 25.1 Å². The third-order valence-corrected chi connectivity index (χ3v) is 4.13. The lowest BCUT2D eigenvalue weighted by Gasteiger charge is -2.33. The Morgan fingerprint density at radius 1 is 1.50 bits per heavy atom. The zero-order valence-corrected chi connectivity index (χ0v) is 11.8. The second-order valence-electron chi connectivity index (χ2n) is 5.87. The van der Waals surface area contributed by atoms with Crippen LogP contribution in [0.15, 0.2) is 12.5 Å². The predicted molar refractivity (Wildman–Crippen MR) is 74.6 cm³/mol. The Balaban J connectivity index is 2.21. The molecule has 0 amide bonds. The molecule has 0 saturated carbocycles. The summed E-state index contributed by atoms with van der Waals surface area (Å²) in [4.78, 5) is 6.77. The Hall–Kier alpha value is -0.870. The van der Waals surface area contributed by atoms with Crippen LogP contribution in [-0.4, -0.2) is 41.1 Å². The fourth-order valence-electron chi connectivity index (χ4n) is 3.01. The summed E-state index contributed by atoms with van der Waals surface area (Å²) in [6.07, 6.45) is 6.52. The Labute approximate surface area is 110 Å². The molecular weight excluding hydrogens is 224 g/mol. The van der Waals surface area contributed by atoms with E-state index in [4.69, 9.17) is 5.73 Å². The molecule has 2 rings (SSSR count). The summed E-state index contributed by atoms with van der Waals surface area (Å²) >= 11 is 0. The fraction of sp³-hybridized carbons (Fsp3) is 0.786. The van der Waals surface area contributed by atoms with Gasteiger partial charge in [-0.3, -0.25) is 0 Å². The van der Waals surface area contributed by atoms with Gasteiger partial charge in [0.1, 0.15) is 0 Å². The molecule has 4 heteroatoms. The van der Waals surface area contributed by atoms with Crippen molar-refractivity contribution in [3.05, 3.63) is 18.2 Å². The van der Waals surface area contributed by atoms with Crippen molar-refractivity contribution in [2.45, 2.75) is 38.6 Å². The number of likely N-dealkylation sites (N-methyl/N-ethyl adjacent to an activating group) is 1. The van der Waals surface area contributed by atoms with Gasteiger partial charge in [0.15, 0.2) is 0 Å². The first-order valence-electron chi connectivity index (χ1n) is 7.03. The van der Waals surface area contributed by atoms with Crippen LogP contribution in [0.4, 0.5) is 0 Å². The molecule has 0 bridgehead atoms. The summed E-state index contributed by atoms with van der Waals surface area (Å²) < 4.78 is 2.37. The highest BCUT2D eigenvalue weighted by Gasteiger charge is 2.24. The van der Waals surface area contributed by atoms with E-state index in [1.807, 2.05) is 12.5 Å². The molecule has 0 radical (unpaired) electrons. The van der Waals surface area contributed by atoms with Crippen molar-refractivity contribution in [2.24, 2.45) is 11.7 Å². The van der Waals surface area contributed by atoms with E-state index in [0.29, 0.717) is 24.4 Å². The highest BCUT2D eigenvalue weighted by atomic mass is 15.2. The molecule has 102 valence electrons. The van der Waals surface area contributed by atoms with E-state index in [1.54, 1.807) is 0 Å². The summed E-state index contributed by atoms with van der Waals surface area (Å²) in [5, 5.41) is 0. The molecule has 2 unspecified atom stereocenters. The molecule has 0 aliphatic carbocycles. The van der Waals surface area contributed by atoms with E-state index >= 15 is 0 Å². The largest absolute Gasteiger partial charge is 0.330 e. The van der Waals surface area contributed by atoms with Crippen LogP contribution in [0.1, 0.15) is 44.3 Å². The number of aromatic nitrogens is 2. The summed E-state index contributed by atoms with van der Waals surface area (Å²) in [5.74, 6) is 0.978. The van der Waals surface area contributed by atoms with Crippen molar-refractivity contribution in [3.63, 3.8) is 0 Å². The maximum absolute atomic E-state index is 5.94. The van der Waals surface area contributed by atoms with Crippen LogP contribution in [0.3, 0.4) is 0 Å². The molecule has 0 aromatic carbocycles. The minimum Gasteiger partial charge on any atom is -0.330 e. The molecule has 4 nitrogen and oxygen atoms in total. The van der Waals surface area contributed by atoms with Gasteiger partial charge in [-0.15, -0.1) is 0 Å². The van der Waals surface area contributed by atoms with Crippen molar-refractivity contribution in [3.8, 4) is 0 Å². The summed E-state index contributed by atoms with van der Waals surface area (Å²) in [6.45, 7) is 7.51. The normalized spacial score (nSPS) is 23.5. The van der Waals surface area contributed by atoms with Gasteiger partial charge in [-0.2, -0.15) is 0 Å². The number of hydrogen-bond acceptors (Lipinski definition) is 3. The Morgan fingerprint density at radius 3 is 2.89 bits per heavy atom.